The molecule has 2 N–H and O–H groups in total. The number of hydrogen-bond donors (Lipinski definition) is 2. The van der Waals surface area contributed by atoms with Crippen LogP contribution in [-0.4, -0.2) is 86.6 Å². The Kier molecular flexibility index (Phi) is 8.61. The average molecular weight is 503 g/mol. The number of carboxylic acid groups (broad SMARTS) is 1. The van der Waals surface area contributed by atoms with Crippen LogP contribution in [0.15, 0.2) is 23.0 Å². The first-order valence-electron chi connectivity index (χ1n) is 10.6. The highest BCUT2D eigenvalue weighted by Gasteiger charge is 2.38. The van der Waals surface area contributed by atoms with Gasteiger partial charge in [0.2, 0.25) is 11.8 Å². The fourth-order valence-corrected chi connectivity index (χ4v) is 4.35. The molecule has 0 atom stereocenters. The molecule has 14 heteroatoms. The maximum atomic E-state index is 12.4. The lowest BCUT2D eigenvalue weighted by Crippen LogP contribution is -2.47. The highest BCUT2D eigenvalue weighted by Crippen LogP contribution is 2.23. The van der Waals surface area contributed by atoms with Crippen LogP contribution in [0.2, 0.25) is 0 Å². The van der Waals surface area contributed by atoms with Crippen molar-refractivity contribution in [2.75, 3.05) is 32.7 Å². The second-order valence-electron chi connectivity index (χ2n) is 7.97. The standard InChI is InChI=1S/C18H24N6O2S.C2HF3O2/c25-17-12-22(7-4-19-17)10-15-11-24(21-20-15)16-1-5-23(6-2-16)18(26)9-14-3-8-27-13-14;3-2(4,5)1(6)7/h3,8,11,13,16H,1-2,4-7,9-10,12H2,(H,19,25);(H,6,7). The molecular weight excluding hydrogens is 477 g/mol. The minimum absolute atomic E-state index is 0.0631. The Morgan fingerprint density at radius 3 is 2.53 bits per heavy atom. The fourth-order valence-electron chi connectivity index (χ4n) is 3.68. The second kappa shape index (κ2) is 11.4. The van der Waals surface area contributed by atoms with E-state index in [1.807, 2.05) is 32.6 Å². The van der Waals surface area contributed by atoms with E-state index in [0.717, 1.165) is 43.7 Å². The number of nitrogens with zero attached hydrogens (tertiary/aromatic N) is 5. The Labute approximate surface area is 197 Å². The zero-order chi connectivity index (χ0) is 24.7. The van der Waals surface area contributed by atoms with Gasteiger partial charge in [0, 0.05) is 32.7 Å². The SMILES string of the molecule is O=C(O)C(F)(F)F.O=C1CN(Cc2cn(C3CCN(C(=O)Cc4ccsc4)CC3)nn2)CCN1. The highest BCUT2D eigenvalue weighted by molar-refractivity contribution is 7.08. The molecule has 0 aromatic carbocycles. The third-order valence-electron chi connectivity index (χ3n) is 5.43. The van der Waals surface area contributed by atoms with E-state index in [1.54, 1.807) is 11.3 Å². The van der Waals surface area contributed by atoms with Gasteiger partial charge in [-0.25, -0.2) is 9.48 Å². The van der Waals surface area contributed by atoms with Crippen molar-refractivity contribution in [3.05, 3.63) is 34.3 Å². The van der Waals surface area contributed by atoms with E-state index in [9.17, 15) is 22.8 Å². The molecule has 186 valence electrons. The number of piperidine rings is 1. The Hall–Kier alpha value is -3.00. The first kappa shape index (κ1) is 25.6. The molecule has 2 aromatic heterocycles. The zero-order valence-corrected chi connectivity index (χ0v) is 19.0. The van der Waals surface area contributed by atoms with Gasteiger partial charge in [-0.05, 0) is 35.2 Å². The van der Waals surface area contributed by atoms with Crippen LogP contribution >= 0.6 is 11.3 Å². The monoisotopic (exact) mass is 502 g/mol. The zero-order valence-electron chi connectivity index (χ0n) is 18.2. The highest BCUT2D eigenvalue weighted by atomic mass is 32.1. The molecule has 34 heavy (non-hydrogen) atoms. The summed E-state index contributed by atoms with van der Waals surface area (Å²) in [6, 6.07) is 2.29. The van der Waals surface area contributed by atoms with E-state index in [-0.39, 0.29) is 17.9 Å². The molecule has 0 aliphatic carbocycles. The summed E-state index contributed by atoms with van der Waals surface area (Å²) < 4.78 is 33.7. The maximum Gasteiger partial charge on any atom is 0.490 e. The summed E-state index contributed by atoms with van der Waals surface area (Å²) in [5.74, 6) is -2.49. The van der Waals surface area contributed by atoms with Gasteiger partial charge in [0.25, 0.3) is 0 Å². The number of hydrogen-bond acceptors (Lipinski definition) is 7. The van der Waals surface area contributed by atoms with Crippen molar-refractivity contribution in [2.24, 2.45) is 0 Å². The Morgan fingerprint density at radius 1 is 1.24 bits per heavy atom. The van der Waals surface area contributed by atoms with Crippen molar-refractivity contribution in [1.82, 2.24) is 30.1 Å². The number of amides is 2. The van der Waals surface area contributed by atoms with Crippen molar-refractivity contribution < 1.29 is 32.7 Å². The van der Waals surface area contributed by atoms with Crippen LogP contribution in [-0.2, 0) is 27.3 Å². The third kappa shape index (κ3) is 7.52. The third-order valence-corrected chi connectivity index (χ3v) is 6.16. The molecule has 0 unspecified atom stereocenters. The molecule has 0 spiro atoms. The lowest BCUT2D eigenvalue weighted by molar-refractivity contribution is -0.192. The number of thiophene rings is 1. The van der Waals surface area contributed by atoms with Crippen LogP contribution in [0.25, 0.3) is 0 Å². The number of likely N-dealkylation sites (tertiary alicyclic amines) is 1. The molecule has 2 aliphatic rings. The first-order chi connectivity index (χ1) is 16.1. The van der Waals surface area contributed by atoms with Gasteiger partial charge in [0.1, 0.15) is 0 Å². The van der Waals surface area contributed by atoms with Gasteiger partial charge in [-0.15, -0.1) is 5.10 Å². The van der Waals surface area contributed by atoms with Gasteiger partial charge in [0.05, 0.1) is 30.9 Å². The number of rotatable bonds is 5. The molecule has 10 nitrogen and oxygen atoms in total. The van der Waals surface area contributed by atoms with Crippen LogP contribution in [0.1, 0.15) is 30.1 Å². The minimum atomic E-state index is -5.08. The quantitative estimate of drug-likeness (QED) is 0.633. The van der Waals surface area contributed by atoms with Crippen LogP contribution in [0.4, 0.5) is 13.2 Å². The molecule has 2 aromatic rings. The molecule has 2 fully saturated rings. The summed E-state index contributed by atoms with van der Waals surface area (Å²) in [5, 5.41) is 22.6. The van der Waals surface area contributed by atoms with Gasteiger partial charge in [0.15, 0.2) is 0 Å². The molecule has 4 heterocycles. The lowest BCUT2D eigenvalue weighted by Gasteiger charge is -2.32. The van der Waals surface area contributed by atoms with E-state index in [1.165, 1.54) is 0 Å². The number of piperazine rings is 1. The van der Waals surface area contributed by atoms with Gasteiger partial charge in [-0.2, -0.15) is 24.5 Å². The molecule has 0 bridgehead atoms. The van der Waals surface area contributed by atoms with E-state index in [4.69, 9.17) is 9.90 Å². The van der Waals surface area contributed by atoms with E-state index >= 15 is 0 Å². The summed E-state index contributed by atoms with van der Waals surface area (Å²) in [4.78, 5) is 36.8. The number of halogens is 3. The van der Waals surface area contributed by atoms with Gasteiger partial charge in [-0.3, -0.25) is 14.5 Å². The number of carboxylic acids is 1. The number of carbonyl (C=O) groups is 3. The van der Waals surface area contributed by atoms with Crippen molar-refractivity contribution in [3.8, 4) is 0 Å². The molecule has 0 saturated carbocycles. The average Bonchev–Trinajstić information content (AvgIpc) is 3.46. The number of aromatic nitrogens is 3. The normalized spacial score (nSPS) is 17.6. The fraction of sp³-hybridized carbons (Fsp3) is 0.550. The summed E-state index contributed by atoms with van der Waals surface area (Å²) in [6.07, 6.45) is -0.820. The van der Waals surface area contributed by atoms with Gasteiger partial charge >= 0.3 is 12.1 Å². The van der Waals surface area contributed by atoms with Crippen LogP contribution in [0.5, 0.6) is 0 Å². The number of carbonyl (C=O) groups excluding carboxylic acids is 2. The van der Waals surface area contributed by atoms with Crippen LogP contribution in [0, 0.1) is 0 Å². The predicted octanol–water partition coefficient (Wildman–Crippen LogP) is 1.31. The van der Waals surface area contributed by atoms with E-state index < -0.39 is 12.1 Å². The summed E-state index contributed by atoms with van der Waals surface area (Å²) in [5.41, 5.74) is 1.99. The van der Waals surface area contributed by atoms with Crippen molar-refractivity contribution in [2.45, 2.75) is 38.0 Å². The summed E-state index contributed by atoms with van der Waals surface area (Å²) in [6.45, 7) is 4.10. The summed E-state index contributed by atoms with van der Waals surface area (Å²) in [7, 11) is 0. The van der Waals surface area contributed by atoms with E-state index in [2.05, 4.69) is 20.5 Å². The van der Waals surface area contributed by atoms with Gasteiger partial charge in [-0.1, -0.05) is 5.21 Å². The topological polar surface area (TPSA) is 121 Å². The van der Waals surface area contributed by atoms with Crippen molar-refractivity contribution in [3.63, 3.8) is 0 Å². The maximum absolute atomic E-state index is 12.4. The van der Waals surface area contributed by atoms with Crippen LogP contribution in [0.3, 0.4) is 0 Å². The molecule has 2 aliphatic heterocycles. The minimum Gasteiger partial charge on any atom is -0.475 e. The smallest absolute Gasteiger partial charge is 0.475 e. The van der Waals surface area contributed by atoms with Crippen molar-refractivity contribution in [1.29, 1.82) is 0 Å². The van der Waals surface area contributed by atoms with Gasteiger partial charge < -0.3 is 15.3 Å². The first-order valence-corrected chi connectivity index (χ1v) is 11.5. The van der Waals surface area contributed by atoms with Crippen LogP contribution < -0.4 is 5.32 Å². The summed E-state index contributed by atoms with van der Waals surface area (Å²) >= 11 is 1.63. The lowest BCUT2D eigenvalue weighted by atomic mass is 10.0. The van der Waals surface area contributed by atoms with E-state index in [0.29, 0.717) is 26.1 Å². The Balaban J connectivity index is 0.000000406. The molecule has 2 amide bonds. The molecule has 0 radical (unpaired) electrons. The number of nitrogens with one attached hydrogen (secondary N) is 1. The number of aliphatic carboxylic acids is 1. The predicted molar refractivity (Wildman–Crippen MR) is 115 cm³/mol. The number of alkyl halides is 3. The second-order valence-corrected chi connectivity index (χ2v) is 8.75. The molecule has 2 saturated heterocycles. The Bertz CT molecular complexity index is 973. The Morgan fingerprint density at radius 2 is 1.94 bits per heavy atom. The largest absolute Gasteiger partial charge is 0.490 e. The van der Waals surface area contributed by atoms with Crippen molar-refractivity contribution >= 4 is 29.1 Å². The molecular formula is C20H25F3N6O4S. The molecule has 4 rings (SSSR count).